The van der Waals surface area contributed by atoms with Crippen molar-refractivity contribution in [3.8, 4) is 11.5 Å². The second-order valence-electron chi connectivity index (χ2n) is 3.07. The highest BCUT2D eigenvalue weighted by molar-refractivity contribution is 14.1. The van der Waals surface area contributed by atoms with E-state index in [1.54, 1.807) is 0 Å². The van der Waals surface area contributed by atoms with Crippen molar-refractivity contribution in [2.75, 3.05) is 5.73 Å². The Kier molecular flexibility index (Phi) is 3.11. The molecule has 0 spiro atoms. The second-order valence-corrected chi connectivity index (χ2v) is 4.23. The van der Waals surface area contributed by atoms with E-state index in [9.17, 15) is 0 Å². The first kappa shape index (κ1) is 10.3. The number of hydrogen-bond acceptors (Lipinski definition) is 2. The summed E-state index contributed by atoms with van der Waals surface area (Å²) in [5.74, 6) is 1.53. The van der Waals surface area contributed by atoms with Crippen LogP contribution in [0.4, 0.5) is 5.69 Å². The fourth-order valence-electron chi connectivity index (χ4n) is 1.22. The quantitative estimate of drug-likeness (QED) is 0.678. The molecule has 2 N–H and O–H groups in total. The van der Waals surface area contributed by atoms with Crippen molar-refractivity contribution in [1.82, 2.24) is 0 Å². The van der Waals surface area contributed by atoms with Crippen LogP contribution in [0, 0.1) is 3.57 Å². The van der Waals surface area contributed by atoms with Gasteiger partial charge in [0, 0.05) is 0 Å². The highest BCUT2D eigenvalue weighted by Gasteiger charge is 2.03. The molecule has 0 amide bonds. The van der Waals surface area contributed by atoms with Crippen LogP contribution in [0.1, 0.15) is 0 Å². The molecular weight excluding hydrogens is 301 g/mol. The van der Waals surface area contributed by atoms with E-state index in [1.807, 2.05) is 48.5 Å². The van der Waals surface area contributed by atoms with Gasteiger partial charge in [0.25, 0.3) is 0 Å². The largest absolute Gasteiger partial charge is 0.454 e. The minimum Gasteiger partial charge on any atom is -0.454 e. The molecule has 3 heteroatoms. The summed E-state index contributed by atoms with van der Waals surface area (Å²) in [7, 11) is 0. The molecule has 0 radical (unpaired) electrons. The topological polar surface area (TPSA) is 35.2 Å². The van der Waals surface area contributed by atoms with Crippen LogP contribution in [0.25, 0.3) is 0 Å². The third-order valence-corrected chi connectivity index (χ3v) is 2.87. The molecule has 0 aromatic heterocycles. The third kappa shape index (κ3) is 2.41. The third-order valence-electron chi connectivity index (χ3n) is 1.98. The first-order chi connectivity index (χ1) is 7.27. The van der Waals surface area contributed by atoms with Gasteiger partial charge in [0.1, 0.15) is 11.5 Å². The first-order valence-electron chi connectivity index (χ1n) is 4.54. The molecule has 0 aliphatic rings. The van der Waals surface area contributed by atoms with E-state index in [4.69, 9.17) is 10.5 Å². The molecule has 2 aromatic rings. The van der Waals surface area contributed by atoms with E-state index < -0.39 is 0 Å². The number of halogens is 1. The van der Waals surface area contributed by atoms with Crippen molar-refractivity contribution < 1.29 is 4.74 Å². The first-order valence-corrected chi connectivity index (χ1v) is 5.62. The van der Waals surface area contributed by atoms with Gasteiger partial charge in [-0.05, 0) is 46.9 Å². The van der Waals surface area contributed by atoms with Gasteiger partial charge >= 0.3 is 0 Å². The Labute approximate surface area is 102 Å². The van der Waals surface area contributed by atoms with Gasteiger partial charge in [-0.25, -0.2) is 0 Å². The average molecular weight is 311 g/mol. The smallest absolute Gasteiger partial charge is 0.150 e. The lowest BCUT2D eigenvalue weighted by atomic mass is 10.3. The van der Waals surface area contributed by atoms with Crippen molar-refractivity contribution in [3.63, 3.8) is 0 Å². The molecule has 2 rings (SSSR count). The Morgan fingerprint density at radius 3 is 2.13 bits per heavy atom. The number of ether oxygens (including phenoxy) is 1. The average Bonchev–Trinajstić information content (AvgIpc) is 2.24. The van der Waals surface area contributed by atoms with Gasteiger partial charge in [-0.2, -0.15) is 0 Å². The van der Waals surface area contributed by atoms with Crippen LogP contribution in [-0.4, -0.2) is 0 Å². The van der Waals surface area contributed by atoms with Crippen molar-refractivity contribution in [2.45, 2.75) is 0 Å². The van der Waals surface area contributed by atoms with Gasteiger partial charge in [-0.3, -0.25) is 0 Å². The monoisotopic (exact) mass is 311 g/mol. The lowest BCUT2D eigenvalue weighted by Gasteiger charge is -2.09. The van der Waals surface area contributed by atoms with Gasteiger partial charge in [-0.15, -0.1) is 0 Å². The number of para-hydroxylation sites is 3. The van der Waals surface area contributed by atoms with E-state index in [0.29, 0.717) is 11.4 Å². The fraction of sp³-hybridized carbons (Fsp3) is 0. The van der Waals surface area contributed by atoms with E-state index >= 15 is 0 Å². The maximum absolute atomic E-state index is 5.79. The number of nitrogen functional groups attached to an aromatic ring is 1. The maximum atomic E-state index is 5.79. The summed E-state index contributed by atoms with van der Waals surface area (Å²) in [6.07, 6.45) is 0. The van der Waals surface area contributed by atoms with E-state index in [2.05, 4.69) is 22.6 Å². The summed E-state index contributed by atoms with van der Waals surface area (Å²) in [6.45, 7) is 0. The normalized spacial score (nSPS) is 9.93. The Morgan fingerprint density at radius 2 is 1.47 bits per heavy atom. The summed E-state index contributed by atoms with van der Waals surface area (Å²) in [6, 6.07) is 15.3. The summed E-state index contributed by atoms with van der Waals surface area (Å²) < 4.78 is 6.78. The van der Waals surface area contributed by atoms with Gasteiger partial charge in [-0.1, -0.05) is 24.3 Å². The molecule has 0 aliphatic heterocycles. The standard InChI is InChI=1S/C12H10INO/c13-9-5-1-3-7-11(9)15-12-8-4-2-6-10(12)14/h1-8H,14H2. The zero-order chi connectivity index (χ0) is 10.7. The van der Waals surface area contributed by atoms with Crippen LogP contribution in [-0.2, 0) is 0 Å². The van der Waals surface area contributed by atoms with Crippen LogP contribution in [0.15, 0.2) is 48.5 Å². The summed E-state index contributed by atoms with van der Waals surface area (Å²) >= 11 is 2.23. The minimum absolute atomic E-state index is 0.650. The van der Waals surface area contributed by atoms with Gasteiger partial charge in [0.2, 0.25) is 0 Å². The molecule has 0 fully saturated rings. The number of rotatable bonds is 2. The lowest BCUT2D eigenvalue weighted by molar-refractivity contribution is 0.481. The van der Waals surface area contributed by atoms with E-state index in [1.165, 1.54) is 0 Å². The highest BCUT2D eigenvalue weighted by atomic mass is 127. The Balaban J connectivity index is 2.30. The predicted molar refractivity (Wildman–Crippen MR) is 70.1 cm³/mol. The molecular formula is C12H10INO. The Hall–Kier alpha value is -1.23. The molecule has 0 aliphatic carbocycles. The zero-order valence-corrected chi connectivity index (χ0v) is 10.1. The van der Waals surface area contributed by atoms with Crippen molar-refractivity contribution in [1.29, 1.82) is 0 Å². The highest BCUT2D eigenvalue weighted by Crippen LogP contribution is 2.29. The molecule has 0 unspecified atom stereocenters. The predicted octanol–water partition coefficient (Wildman–Crippen LogP) is 3.67. The molecule has 0 heterocycles. The summed E-state index contributed by atoms with van der Waals surface area (Å²) in [5.41, 5.74) is 6.44. The molecule has 15 heavy (non-hydrogen) atoms. The SMILES string of the molecule is Nc1ccccc1Oc1ccccc1I. The Bertz CT molecular complexity index is 427. The van der Waals surface area contributed by atoms with Gasteiger partial charge in [0.05, 0.1) is 9.26 Å². The number of nitrogens with two attached hydrogens (primary N) is 1. The fourth-order valence-corrected chi connectivity index (χ4v) is 1.72. The molecule has 0 atom stereocenters. The van der Waals surface area contributed by atoms with Crippen LogP contribution >= 0.6 is 22.6 Å². The number of hydrogen-bond donors (Lipinski definition) is 1. The van der Waals surface area contributed by atoms with Crippen LogP contribution < -0.4 is 10.5 Å². The molecule has 0 saturated carbocycles. The molecule has 0 saturated heterocycles. The maximum Gasteiger partial charge on any atom is 0.150 e. The summed E-state index contributed by atoms with van der Waals surface area (Å²) in [5, 5.41) is 0. The minimum atomic E-state index is 0.650. The lowest BCUT2D eigenvalue weighted by Crippen LogP contribution is -1.92. The number of anilines is 1. The van der Waals surface area contributed by atoms with Crippen molar-refractivity contribution in [3.05, 3.63) is 52.1 Å². The van der Waals surface area contributed by atoms with Gasteiger partial charge < -0.3 is 10.5 Å². The van der Waals surface area contributed by atoms with Crippen LogP contribution in [0.2, 0.25) is 0 Å². The Morgan fingerprint density at radius 1 is 0.867 bits per heavy atom. The van der Waals surface area contributed by atoms with E-state index in [0.717, 1.165) is 9.32 Å². The van der Waals surface area contributed by atoms with Gasteiger partial charge in [0.15, 0.2) is 0 Å². The number of benzene rings is 2. The molecule has 0 bridgehead atoms. The van der Waals surface area contributed by atoms with Crippen LogP contribution in [0.5, 0.6) is 11.5 Å². The van der Waals surface area contributed by atoms with Crippen LogP contribution in [0.3, 0.4) is 0 Å². The molecule has 2 aromatic carbocycles. The molecule has 2 nitrogen and oxygen atoms in total. The second kappa shape index (κ2) is 4.53. The van der Waals surface area contributed by atoms with Crippen molar-refractivity contribution in [2.24, 2.45) is 0 Å². The van der Waals surface area contributed by atoms with E-state index in [-0.39, 0.29) is 0 Å². The molecule has 76 valence electrons. The zero-order valence-electron chi connectivity index (χ0n) is 7.98. The summed E-state index contributed by atoms with van der Waals surface area (Å²) in [4.78, 5) is 0. The van der Waals surface area contributed by atoms with Crippen molar-refractivity contribution >= 4 is 28.3 Å².